The van der Waals surface area contributed by atoms with Gasteiger partial charge in [0.1, 0.15) is 0 Å². The maximum absolute atomic E-state index is 3.74. The van der Waals surface area contributed by atoms with Crippen LogP contribution >= 0.6 is 0 Å². The highest BCUT2D eigenvalue weighted by atomic mass is 15.0. The van der Waals surface area contributed by atoms with E-state index >= 15 is 0 Å². The van der Waals surface area contributed by atoms with E-state index < -0.39 is 0 Å². The molecule has 1 saturated heterocycles. The van der Waals surface area contributed by atoms with E-state index in [1.165, 1.54) is 45.1 Å². The van der Waals surface area contributed by atoms with Crippen molar-refractivity contribution in [2.24, 2.45) is 5.92 Å². The Hall–Kier alpha value is -0.0400. The molecule has 0 aliphatic carbocycles. The Morgan fingerprint density at radius 3 is 2.62 bits per heavy atom. The molecule has 0 aromatic rings. The average molecular weight is 183 g/mol. The Morgan fingerprint density at radius 1 is 1.38 bits per heavy atom. The van der Waals surface area contributed by atoms with Gasteiger partial charge in [0.25, 0.3) is 0 Å². The van der Waals surface area contributed by atoms with Crippen LogP contribution in [0.3, 0.4) is 0 Å². The Kier molecular flexibility index (Phi) is 4.24. The number of hydrogen-bond acceptors (Lipinski definition) is 1. The molecule has 0 amide bonds. The molecule has 78 valence electrons. The molecular formula is C12H25N. The fourth-order valence-corrected chi connectivity index (χ4v) is 2.65. The van der Waals surface area contributed by atoms with Crippen molar-refractivity contribution in [3.8, 4) is 0 Å². The van der Waals surface area contributed by atoms with Crippen molar-refractivity contribution in [2.75, 3.05) is 6.54 Å². The molecule has 1 aliphatic rings. The molecule has 0 aromatic carbocycles. The van der Waals surface area contributed by atoms with Crippen molar-refractivity contribution < 1.29 is 0 Å². The summed E-state index contributed by atoms with van der Waals surface area (Å²) in [4.78, 5) is 0. The van der Waals surface area contributed by atoms with Crippen LogP contribution in [0.2, 0.25) is 0 Å². The minimum Gasteiger partial charge on any atom is -0.311 e. The normalized spacial score (nSPS) is 30.7. The highest BCUT2D eigenvalue weighted by Gasteiger charge is 2.33. The summed E-state index contributed by atoms with van der Waals surface area (Å²) in [6.07, 6.45) is 8.20. The van der Waals surface area contributed by atoms with Gasteiger partial charge in [0.15, 0.2) is 0 Å². The Balaban J connectivity index is 2.46. The van der Waals surface area contributed by atoms with E-state index in [1.54, 1.807) is 0 Å². The molecule has 1 rings (SSSR count). The number of hydrogen-bond donors (Lipinski definition) is 1. The van der Waals surface area contributed by atoms with Crippen LogP contribution in [0.25, 0.3) is 0 Å². The molecule has 1 nitrogen and oxygen atoms in total. The van der Waals surface area contributed by atoms with Crippen LogP contribution in [0.1, 0.15) is 59.3 Å². The second-order valence-electron chi connectivity index (χ2n) is 4.78. The Bertz CT molecular complexity index is 136. The smallest absolute Gasteiger partial charge is 0.0184 e. The third-order valence-corrected chi connectivity index (χ3v) is 3.50. The summed E-state index contributed by atoms with van der Waals surface area (Å²) in [6, 6.07) is 0. The summed E-state index contributed by atoms with van der Waals surface area (Å²) in [6.45, 7) is 8.24. The minimum absolute atomic E-state index is 0.518. The lowest BCUT2D eigenvalue weighted by molar-refractivity contribution is 0.269. The summed E-state index contributed by atoms with van der Waals surface area (Å²) in [5, 5.41) is 3.74. The van der Waals surface area contributed by atoms with Crippen LogP contribution in [-0.4, -0.2) is 12.1 Å². The molecule has 1 heterocycles. The van der Waals surface area contributed by atoms with Crippen molar-refractivity contribution in [1.29, 1.82) is 0 Å². The molecule has 13 heavy (non-hydrogen) atoms. The molecule has 0 saturated carbocycles. The fraction of sp³-hybridized carbons (Fsp3) is 1.00. The average Bonchev–Trinajstić information content (AvgIpc) is 2.54. The van der Waals surface area contributed by atoms with Gasteiger partial charge in [0, 0.05) is 5.54 Å². The molecule has 2 atom stereocenters. The zero-order chi connectivity index (χ0) is 9.73. The van der Waals surface area contributed by atoms with Crippen LogP contribution in [0.4, 0.5) is 0 Å². The van der Waals surface area contributed by atoms with E-state index in [2.05, 4.69) is 26.1 Å². The zero-order valence-electron chi connectivity index (χ0n) is 9.53. The third-order valence-electron chi connectivity index (χ3n) is 3.50. The lowest BCUT2D eigenvalue weighted by atomic mass is 9.82. The predicted molar refractivity (Wildman–Crippen MR) is 58.9 cm³/mol. The molecule has 0 aromatic heterocycles. The molecule has 1 aliphatic heterocycles. The molecule has 0 radical (unpaired) electrons. The lowest BCUT2D eigenvalue weighted by Crippen LogP contribution is -2.40. The maximum atomic E-state index is 3.74. The number of nitrogens with one attached hydrogen (secondary N) is 1. The van der Waals surface area contributed by atoms with Crippen LogP contribution < -0.4 is 5.32 Å². The summed E-state index contributed by atoms with van der Waals surface area (Å²) in [5.41, 5.74) is 0.518. The van der Waals surface area contributed by atoms with Gasteiger partial charge in [-0.05, 0) is 38.1 Å². The molecule has 1 fully saturated rings. The SMILES string of the molecule is CCCC1(CC(C)CC)CCCN1. The summed E-state index contributed by atoms with van der Waals surface area (Å²) >= 11 is 0. The maximum Gasteiger partial charge on any atom is 0.0184 e. The molecule has 2 unspecified atom stereocenters. The first-order valence-electron chi connectivity index (χ1n) is 5.97. The van der Waals surface area contributed by atoms with Crippen molar-refractivity contribution in [3.05, 3.63) is 0 Å². The summed E-state index contributed by atoms with van der Waals surface area (Å²) in [5.74, 6) is 0.886. The van der Waals surface area contributed by atoms with Crippen molar-refractivity contribution >= 4 is 0 Å². The van der Waals surface area contributed by atoms with Gasteiger partial charge in [-0.2, -0.15) is 0 Å². The predicted octanol–water partition coefficient (Wildman–Crippen LogP) is 3.34. The standard InChI is InChI=1S/C12H25N/c1-4-7-12(8-6-9-13-12)10-11(3)5-2/h11,13H,4-10H2,1-3H3. The second kappa shape index (κ2) is 4.99. The second-order valence-corrected chi connectivity index (χ2v) is 4.78. The summed E-state index contributed by atoms with van der Waals surface area (Å²) < 4.78 is 0. The molecule has 0 bridgehead atoms. The highest BCUT2D eigenvalue weighted by Crippen LogP contribution is 2.31. The van der Waals surface area contributed by atoms with Crippen LogP contribution in [0.15, 0.2) is 0 Å². The van der Waals surface area contributed by atoms with Gasteiger partial charge in [0.2, 0.25) is 0 Å². The van der Waals surface area contributed by atoms with Gasteiger partial charge in [-0.15, -0.1) is 0 Å². The molecule has 0 spiro atoms. The Labute approximate surface area is 83.3 Å². The number of rotatable bonds is 5. The minimum atomic E-state index is 0.518. The topological polar surface area (TPSA) is 12.0 Å². The highest BCUT2D eigenvalue weighted by molar-refractivity contribution is 4.93. The van der Waals surface area contributed by atoms with Gasteiger partial charge in [-0.25, -0.2) is 0 Å². The first-order chi connectivity index (χ1) is 6.22. The van der Waals surface area contributed by atoms with Gasteiger partial charge in [-0.1, -0.05) is 33.6 Å². The van der Waals surface area contributed by atoms with Gasteiger partial charge in [0.05, 0.1) is 0 Å². The van der Waals surface area contributed by atoms with Crippen LogP contribution in [0, 0.1) is 5.92 Å². The van der Waals surface area contributed by atoms with Crippen molar-refractivity contribution in [2.45, 2.75) is 64.8 Å². The van der Waals surface area contributed by atoms with E-state index in [9.17, 15) is 0 Å². The van der Waals surface area contributed by atoms with Crippen LogP contribution in [0.5, 0.6) is 0 Å². The van der Waals surface area contributed by atoms with E-state index in [0.29, 0.717) is 5.54 Å². The quantitative estimate of drug-likeness (QED) is 0.689. The lowest BCUT2D eigenvalue weighted by Gasteiger charge is -2.32. The third kappa shape index (κ3) is 2.98. The molecular weight excluding hydrogens is 158 g/mol. The van der Waals surface area contributed by atoms with E-state index in [1.807, 2.05) is 0 Å². The summed E-state index contributed by atoms with van der Waals surface area (Å²) in [7, 11) is 0. The van der Waals surface area contributed by atoms with E-state index in [0.717, 1.165) is 5.92 Å². The first kappa shape index (κ1) is 11.0. The monoisotopic (exact) mass is 183 g/mol. The molecule has 1 N–H and O–H groups in total. The van der Waals surface area contributed by atoms with E-state index in [4.69, 9.17) is 0 Å². The first-order valence-corrected chi connectivity index (χ1v) is 5.97. The van der Waals surface area contributed by atoms with Crippen molar-refractivity contribution in [1.82, 2.24) is 5.32 Å². The van der Waals surface area contributed by atoms with Gasteiger partial charge < -0.3 is 5.32 Å². The van der Waals surface area contributed by atoms with Crippen LogP contribution in [-0.2, 0) is 0 Å². The Morgan fingerprint density at radius 2 is 2.15 bits per heavy atom. The van der Waals surface area contributed by atoms with Crippen molar-refractivity contribution in [3.63, 3.8) is 0 Å². The van der Waals surface area contributed by atoms with Gasteiger partial charge >= 0.3 is 0 Å². The van der Waals surface area contributed by atoms with E-state index in [-0.39, 0.29) is 0 Å². The van der Waals surface area contributed by atoms with Gasteiger partial charge in [-0.3, -0.25) is 0 Å². The molecule has 1 heteroatoms. The largest absolute Gasteiger partial charge is 0.311 e. The fourth-order valence-electron chi connectivity index (χ4n) is 2.65. The zero-order valence-corrected chi connectivity index (χ0v) is 9.53.